The second kappa shape index (κ2) is 7.20. The molecule has 1 rings (SSSR count). The van der Waals surface area contributed by atoms with Gasteiger partial charge in [-0.1, -0.05) is 19.3 Å². The molecule has 0 unspecified atom stereocenters. The maximum absolute atomic E-state index is 11.7. The summed E-state index contributed by atoms with van der Waals surface area (Å²) in [5.74, 6) is -0.719. The van der Waals surface area contributed by atoms with Crippen LogP contribution < -0.4 is 5.32 Å². The number of rotatable bonds is 5. The second-order valence-electron chi connectivity index (χ2n) is 4.91. The van der Waals surface area contributed by atoms with Gasteiger partial charge in [0.1, 0.15) is 0 Å². The Morgan fingerprint density at radius 3 is 2.44 bits per heavy atom. The van der Waals surface area contributed by atoms with Gasteiger partial charge in [0.25, 0.3) is 0 Å². The molecule has 0 spiro atoms. The Bertz CT molecular complexity index is 290. The first kappa shape index (κ1) is 14.8. The number of carboxylic acid groups (broad SMARTS) is 1. The van der Waals surface area contributed by atoms with E-state index in [9.17, 15) is 9.59 Å². The first-order chi connectivity index (χ1) is 8.54. The Labute approximate surface area is 107 Å². The number of hydrogen-bond acceptors (Lipinski definition) is 3. The summed E-state index contributed by atoms with van der Waals surface area (Å²) < 4.78 is 0. The van der Waals surface area contributed by atoms with Crippen LogP contribution in [0.1, 0.15) is 32.1 Å². The fourth-order valence-corrected chi connectivity index (χ4v) is 2.28. The zero-order valence-corrected chi connectivity index (χ0v) is 10.8. The lowest BCUT2D eigenvalue weighted by molar-refractivity contribution is -0.140. The molecule has 2 amide bonds. The van der Waals surface area contributed by atoms with E-state index in [1.807, 2.05) is 0 Å². The molecular weight excluding hydrogens is 236 g/mol. The van der Waals surface area contributed by atoms with Gasteiger partial charge in [-0.3, -0.25) is 0 Å². The van der Waals surface area contributed by atoms with E-state index in [0.717, 1.165) is 12.8 Å². The van der Waals surface area contributed by atoms with Crippen molar-refractivity contribution < 1.29 is 19.8 Å². The average molecular weight is 258 g/mol. The topological polar surface area (TPSA) is 89.9 Å². The highest BCUT2D eigenvalue weighted by molar-refractivity contribution is 5.82. The van der Waals surface area contributed by atoms with Crippen molar-refractivity contribution in [3.8, 4) is 0 Å². The van der Waals surface area contributed by atoms with Gasteiger partial charge < -0.3 is 20.4 Å². The molecule has 1 aliphatic carbocycles. The molecule has 0 aromatic carbocycles. The lowest BCUT2D eigenvalue weighted by Gasteiger charge is -2.27. The van der Waals surface area contributed by atoms with E-state index in [1.54, 1.807) is 7.05 Å². The summed E-state index contributed by atoms with van der Waals surface area (Å²) in [6.07, 6.45) is 5.92. The van der Waals surface area contributed by atoms with Crippen LogP contribution in [0.5, 0.6) is 0 Å². The van der Waals surface area contributed by atoms with Crippen molar-refractivity contribution in [3.63, 3.8) is 0 Å². The smallest absolute Gasteiger partial charge is 0.328 e. The minimum Gasteiger partial charge on any atom is -0.480 e. The molecule has 0 aromatic rings. The van der Waals surface area contributed by atoms with Gasteiger partial charge in [-0.2, -0.15) is 0 Å². The van der Waals surface area contributed by atoms with Gasteiger partial charge in [-0.15, -0.1) is 0 Å². The number of nitrogens with zero attached hydrogens (tertiary/aromatic N) is 1. The quantitative estimate of drug-likeness (QED) is 0.675. The van der Waals surface area contributed by atoms with Crippen LogP contribution in [-0.2, 0) is 4.79 Å². The Morgan fingerprint density at radius 1 is 1.33 bits per heavy atom. The minimum atomic E-state index is -1.23. The third-order valence-electron chi connectivity index (χ3n) is 3.38. The molecule has 1 aliphatic rings. The van der Waals surface area contributed by atoms with E-state index >= 15 is 0 Å². The standard InChI is InChI=1S/C12H22N2O4/c1-14(7-9-5-3-2-4-6-9)12(18)13-10(8-15)11(16)17/h9-10,15H,2-8H2,1H3,(H,13,18)(H,16,17)/t10-/m0/s1. The molecule has 1 fully saturated rings. The molecule has 1 saturated carbocycles. The molecule has 0 saturated heterocycles. The number of aliphatic hydroxyl groups excluding tert-OH is 1. The lowest BCUT2D eigenvalue weighted by Crippen LogP contribution is -2.49. The van der Waals surface area contributed by atoms with E-state index in [4.69, 9.17) is 10.2 Å². The van der Waals surface area contributed by atoms with Crippen LogP contribution in [0, 0.1) is 5.92 Å². The van der Waals surface area contributed by atoms with Gasteiger partial charge in [0.05, 0.1) is 6.61 Å². The number of carboxylic acids is 1. The number of carbonyl (C=O) groups excluding carboxylic acids is 1. The van der Waals surface area contributed by atoms with Crippen LogP contribution in [0.15, 0.2) is 0 Å². The largest absolute Gasteiger partial charge is 0.480 e. The zero-order valence-electron chi connectivity index (χ0n) is 10.8. The average Bonchev–Trinajstić information content (AvgIpc) is 2.36. The Kier molecular flexibility index (Phi) is 5.91. The highest BCUT2D eigenvalue weighted by Crippen LogP contribution is 2.24. The van der Waals surface area contributed by atoms with E-state index in [-0.39, 0.29) is 0 Å². The SMILES string of the molecule is CN(CC1CCCCC1)C(=O)N[C@@H](CO)C(=O)O. The van der Waals surface area contributed by atoms with Gasteiger partial charge in [0.2, 0.25) is 0 Å². The van der Waals surface area contributed by atoms with E-state index in [1.165, 1.54) is 24.2 Å². The van der Waals surface area contributed by atoms with Crippen molar-refractivity contribution in [1.82, 2.24) is 10.2 Å². The monoisotopic (exact) mass is 258 g/mol. The maximum Gasteiger partial charge on any atom is 0.328 e. The van der Waals surface area contributed by atoms with Crippen LogP contribution in [0.3, 0.4) is 0 Å². The highest BCUT2D eigenvalue weighted by Gasteiger charge is 2.23. The molecule has 0 bridgehead atoms. The van der Waals surface area contributed by atoms with E-state index < -0.39 is 24.6 Å². The van der Waals surface area contributed by atoms with Gasteiger partial charge in [0.15, 0.2) is 6.04 Å². The fraction of sp³-hybridized carbons (Fsp3) is 0.833. The van der Waals surface area contributed by atoms with Crippen molar-refractivity contribution in [2.24, 2.45) is 5.92 Å². The first-order valence-corrected chi connectivity index (χ1v) is 6.40. The number of amides is 2. The number of aliphatic carboxylic acids is 1. The molecule has 18 heavy (non-hydrogen) atoms. The van der Waals surface area contributed by atoms with Crippen LogP contribution in [0.4, 0.5) is 4.79 Å². The predicted molar refractivity (Wildman–Crippen MR) is 66.2 cm³/mol. The third kappa shape index (κ3) is 4.52. The molecule has 0 heterocycles. The molecule has 104 valence electrons. The van der Waals surface area contributed by atoms with Crippen LogP contribution in [-0.4, -0.2) is 53.4 Å². The Hall–Kier alpha value is -1.30. The number of hydrogen-bond donors (Lipinski definition) is 3. The summed E-state index contributed by atoms with van der Waals surface area (Å²) in [4.78, 5) is 23.9. The molecule has 6 nitrogen and oxygen atoms in total. The summed E-state index contributed by atoms with van der Waals surface area (Å²) in [6.45, 7) is 0.0436. The van der Waals surface area contributed by atoms with Crippen LogP contribution in [0.25, 0.3) is 0 Å². The molecule has 0 aromatic heterocycles. The zero-order chi connectivity index (χ0) is 13.5. The van der Waals surface area contributed by atoms with Gasteiger partial charge >= 0.3 is 12.0 Å². The number of nitrogens with one attached hydrogen (secondary N) is 1. The molecule has 0 aliphatic heterocycles. The molecular formula is C12H22N2O4. The number of aliphatic hydroxyl groups is 1. The molecule has 3 N–H and O–H groups in total. The van der Waals surface area contributed by atoms with Crippen molar-refractivity contribution in [2.45, 2.75) is 38.1 Å². The lowest BCUT2D eigenvalue weighted by atomic mass is 9.89. The summed E-state index contributed by atoms with van der Waals surface area (Å²) in [5, 5.41) is 19.9. The normalized spacial score (nSPS) is 18.1. The Morgan fingerprint density at radius 2 is 1.94 bits per heavy atom. The molecule has 1 atom stereocenters. The predicted octanol–water partition coefficient (Wildman–Crippen LogP) is 0.654. The van der Waals surface area contributed by atoms with Crippen LogP contribution >= 0.6 is 0 Å². The minimum absolute atomic E-state index is 0.443. The van der Waals surface area contributed by atoms with Gasteiger partial charge in [-0.05, 0) is 18.8 Å². The van der Waals surface area contributed by atoms with Crippen molar-refractivity contribution in [1.29, 1.82) is 0 Å². The molecule has 6 heteroatoms. The third-order valence-corrected chi connectivity index (χ3v) is 3.38. The fourth-order valence-electron chi connectivity index (χ4n) is 2.28. The first-order valence-electron chi connectivity index (χ1n) is 6.40. The summed E-state index contributed by atoms with van der Waals surface area (Å²) in [6, 6.07) is -1.67. The van der Waals surface area contributed by atoms with Crippen molar-refractivity contribution in [3.05, 3.63) is 0 Å². The maximum atomic E-state index is 11.7. The summed E-state index contributed by atoms with van der Waals surface area (Å²) in [5.41, 5.74) is 0. The Balaban J connectivity index is 2.37. The van der Waals surface area contributed by atoms with Crippen LogP contribution in [0.2, 0.25) is 0 Å². The van der Waals surface area contributed by atoms with Gasteiger partial charge in [0, 0.05) is 13.6 Å². The van der Waals surface area contributed by atoms with Crippen molar-refractivity contribution in [2.75, 3.05) is 20.2 Å². The number of carbonyl (C=O) groups is 2. The second-order valence-corrected chi connectivity index (χ2v) is 4.91. The number of urea groups is 1. The van der Waals surface area contributed by atoms with E-state index in [2.05, 4.69) is 5.32 Å². The summed E-state index contributed by atoms with van der Waals surface area (Å²) >= 11 is 0. The summed E-state index contributed by atoms with van der Waals surface area (Å²) in [7, 11) is 1.65. The van der Waals surface area contributed by atoms with E-state index in [0.29, 0.717) is 12.5 Å². The van der Waals surface area contributed by atoms with Crippen molar-refractivity contribution >= 4 is 12.0 Å². The molecule has 0 radical (unpaired) electrons. The van der Waals surface area contributed by atoms with Gasteiger partial charge in [-0.25, -0.2) is 9.59 Å². The highest BCUT2D eigenvalue weighted by atomic mass is 16.4.